The number of carbonyl (C=O) groups excluding carboxylic acids is 2. The van der Waals surface area contributed by atoms with Gasteiger partial charge in [0.25, 0.3) is 0 Å². The molecule has 6 fully saturated rings. The second-order valence-electron chi connectivity index (χ2n) is 29.1. The van der Waals surface area contributed by atoms with Crippen LogP contribution >= 0.6 is 0 Å². The van der Waals surface area contributed by atoms with E-state index in [0.29, 0.717) is 6.42 Å². The largest absolute Gasteiger partial charge is 0.394 e. The predicted molar refractivity (Wildman–Crippen MR) is 370 cm³/mol. The second kappa shape index (κ2) is 48.4. The van der Waals surface area contributed by atoms with E-state index in [1.165, 1.54) is 110 Å². The molecule has 0 saturated carbocycles. The van der Waals surface area contributed by atoms with Crippen molar-refractivity contribution < 1.29 is 153 Å². The van der Waals surface area contributed by atoms with E-state index in [-0.39, 0.29) is 25.4 Å². The van der Waals surface area contributed by atoms with Crippen LogP contribution in [0.25, 0.3) is 0 Å². The Kier molecular flexibility index (Phi) is 42.2. The Bertz CT molecular complexity index is 2380. The number of unbranched alkanes of at least 4 members (excludes halogenated alkanes) is 23. The van der Waals surface area contributed by atoms with Gasteiger partial charge in [0, 0.05) is 19.8 Å². The van der Waals surface area contributed by atoms with E-state index in [4.69, 9.17) is 56.8 Å². The molecule has 6 heterocycles. The van der Waals surface area contributed by atoms with Crippen molar-refractivity contribution in [3.8, 4) is 0 Å². The van der Waals surface area contributed by atoms with E-state index in [9.17, 15) is 96.4 Å². The van der Waals surface area contributed by atoms with E-state index in [0.717, 1.165) is 58.3 Å². The summed E-state index contributed by atoms with van der Waals surface area (Å²) in [6, 6.07) is -2.76. The van der Waals surface area contributed by atoms with Crippen LogP contribution in [0.2, 0.25) is 0 Å². The maximum absolute atomic E-state index is 13.4. The molecule has 31 atom stereocenters. The molecular formula is C72H130N2O31. The molecule has 0 aromatic rings. The molecule has 6 aliphatic rings. The van der Waals surface area contributed by atoms with E-state index in [1.54, 1.807) is 6.08 Å². The Labute approximate surface area is 616 Å². The summed E-state index contributed by atoms with van der Waals surface area (Å²) >= 11 is 0. The van der Waals surface area contributed by atoms with Crippen LogP contribution < -0.4 is 10.6 Å². The number of rotatable bonds is 48. The summed E-state index contributed by atoms with van der Waals surface area (Å²) < 4.78 is 71.1. The highest BCUT2D eigenvalue weighted by molar-refractivity contribution is 5.76. The van der Waals surface area contributed by atoms with Crippen LogP contribution in [-0.2, 0) is 66.4 Å². The highest BCUT2D eigenvalue weighted by atomic mass is 16.8. The fourth-order valence-corrected chi connectivity index (χ4v) is 14.2. The molecule has 105 heavy (non-hydrogen) atoms. The molecule has 0 bridgehead atoms. The normalized spacial score (nSPS) is 38.2. The zero-order chi connectivity index (χ0) is 76.7. The van der Waals surface area contributed by atoms with Gasteiger partial charge < -0.3 is 154 Å². The van der Waals surface area contributed by atoms with Crippen molar-refractivity contribution in [3.05, 3.63) is 12.2 Å². The van der Waals surface area contributed by atoms with Crippen LogP contribution in [0.15, 0.2) is 12.2 Å². The minimum atomic E-state index is -2.22. The average molecular weight is 1520 g/mol. The lowest BCUT2D eigenvalue weighted by molar-refractivity contribution is -0.392. The van der Waals surface area contributed by atoms with Gasteiger partial charge in [0.1, 0.15) is 128 Å². The fraction of sp³-hybridized carbons (Fsp3) is 0.944. The van der Waals surface area contributed by atoms with Crippen LogP contribution in [0.4, 0.5) is 0 Å². The summed E-state index contributed by atoms with van der Waals surface area (Å²) in [4.78, 5) is 26.4. The molecule has 6 rings (SSSR count). The lowest BCUT2D eigenvalue weighted by atomic mass is 9.94. The van der Waals surface area contributed by atoms with Crippen LogP contribution in [0.5, 0.6) is 0 Å². The molecule has 12 unspecified atom stereocenters. The summed E-state index contributed by atoms with van der Waals surface area (Å²) in [5.74, 6) is -1.14. The van der Waals surface area contributed by atoms with E-state index in [1.807, 2.05) is 6.08 Å². The third kappa shape index (κ3) is 27.7. The van der Waals surface area contributed by atoms with Crippen LogP contribution in [0.3, 0.4) is 0 Å². The topological polar surface area (TPSA) is 513 Å². The van der Waals surface area contributed by atoms with Gasteiger partial charge in [-0.2, -0.15) is 0 Å². The lowest BCUT2D eigenvalue weighted by Gasteiger charge is -2.51. The Balaban J connectivity index is 1.07. The molecule has 33 heteroatoms. The Morgan fingerprint density at radius 3 is 1.41 bits per heavy atom. The predicted octanol–water partition coefficient (Wildman–Crippen LogP) is -1.29. The summed E-state index contributed by atoms with van der Waals surface area (Å²) in [6.45, 7) is 1.77. The number of allylic oxidation sites excluding steroid dienone is 1. The molecule has 2 amide bonds. The van der Waals surface area contributed by atoms with Crippen molar-refractivity contribution in [2.24, 2.45) is 0 Å². The van der Waals surface area contributed by atoms with Gasteiger partial charge >= 0.3 is 0 Å². The van der Waals surface area contributed by atoms with Crippen LogP contribution in [0, 0.1) is 0 Å². The monoisotopic (exact) mass is 1520 g/mol. The quantitative estimate of drug-likeness (QED) is 0.0249. The number of hydrogen-bond acceptors (Lipinski definition) is 31. The lowest BCUT2D eigenvalue weighted by Crippen LogP contribution is -2.70. The zero-order valence-corrected chi connectivity index (χ0v) is 61.7. The highest BCUT2D eigenvalue weighted by Crippen LogP contribution is 2.38. The molecular weight excluding hydrogens is 1390 g/mol. The summed E-state index contributed by atoms with van der Waals surface area (Å²) in [7, 11) is 0. The SMILES string of the molecule is CCCCCCCCCCCCCC=C[C@@H](O)[C@H](CO[C@@H]1OC(CO)[C@H](O[C@@H]2OC(CO)[C@H](O[C@@H]3OC(CO)[C@H](O)[C@H](O[C@@H]4OC(CO)[C@H](O)[C@H](O[C@@H]5OC(CO)[C@H](O)[C@H](O)C5O[C@@H]5OC(C)[C@H](O)C(O)[C@@H]5O)C4NC(C)=O)C3O)[C@H](O)C2O)CC1O)NC(=O)CCCCCCCCCCCCCCC. The highest BCUT2D eigenvalue weighted by Gasteiger charge is 2.58. The molecule has 6 saturated heterocycles. The molecule has 6 aliphatic heterocycles. The fourth-order valence-electron chi connectivity index (χ4n) is 14.2. The maximum atomic E-state index is 13.4. The Morgan fingerprint density at radius 1 is 0.429 bits per heavy atom. The molecule has 0 aromatic carbocycles. The molecule has 614 valence electrons. The minimum Gasteiger partial charge on any atom is -0.394 e. The summed E-state index contributed by atoms with van der Waals surface area (Å²) in [6.07, 6.45) is -19.7. The van der Waals surface area contributed by atoms with Crippen molar-refractivity contribution in [2.75, 3.05) is 39.6 Å². The van der Waals surface area contributed by atoms with E-state index < -0.39 is 229 Å². The van der Waals surface area contributed by atoms with Gasteiger partial charge in [-0.25, -0.2) is 0 Å². The van der Waals surface area contributed by atoms with Crippen molar-refractivity contribution in [1.29, 1.82) is 0 Å². The first-order valence-electron chi connectivity index (χ1n) is 38.7. The third-order valence-electron chi connectivity index (χ3n) is 20.7. The molecule has 33 nitrogen and oxygen atoms in total. The Hall–Kier alpha value is -2.48. The third-order valence-corrected chi connectivity index (χ3v) is 20.7. The first-order chi connectivity index (χ1) is 50.5. The minimum absolute atomic E-state index is 0.228. The number of nitrogens with one attached hydrogen (secondary N) is 2. The average Bonchev–Trinajstić information content (AvgIpc) is 0.770. The molecule has 0 aromatic heterocycles. The van der Waals surface area contributed by atoms with Crippen molar-refractivity contribution >= 4 is 11.8 Å². The molecule has 0 aliphatic carbocycles. The standard InChI is InChI=1S/C72H130N2O31/c1-5-7-9-11-13-15-17-19-21-23-25-27-29-31-43(81)42(74-51(83)32-30-28-26-24-22-20-18-16-14-12-10-8-6-2)39-94-67-44(82)33-45(46(34-75)97-67)96-70-61(92)59(90)63(50(38-79)101-70)102-71-62(93)65(56(87)49(37-78)99-71)104-68-52(73-41(4)80)64(55(86)48(36-77)98-68)103-72-66(58(89)54(85)47(35-76)100-72)105-69-60(91)57(88)53(84)40(3)95-69/h29,31,40,42-50,52-72,75-79,81-82,84-93H,5-28,30,32-39H2,1-4H3,(H,73,80)(H,74,83)/t40?,42-,43+,44?,45+,46?,47?,48?,49?,50?,52?,53-,54-,55-,56-,57?,58-,59+,60-,61?,62?,63-,64+,65-,66?,67+,68-,69-,70+,71-,72-/m0/s1. The number of ether oxygens (including phenoxy) is 12. The number of carbonyl (C=O) groups is 2. The van der Waals surface area contributed by atoms with E-state index in [2.05, 4.69) is 24.5 Å². The second-order valence-corrected chi connectivity index (χ2v) is 29.1. The van der Waals surface area contributed by atoms with Crippen LogP contribution in [0.1, 0.15) is 201 Å². The first-order valence-corrected chi connectivity index (χ1v) is 38.7. The van der Waals surface area contributed by atoms with Gasteiger partial charge in [0.05, 0.1) is 64.0 Å². The molecule has 0 radical (unpaired) electrons. The van der Waals surface area contributed by atoms with Gasteiger partial charge in [-0.05, 0) is 26.2 Å². The smallest absolute Gasteiger partial charge is 0.220 e. The number of aliphatic hydroxyl groups excluding tert-OH is 17. The first kappa shape index (κ1) is 91.4. The van der Waals surface area contributed by atoms with Gasteiger partial charge in [0.15, 0.2) is 37.7 Å². The number of aliphatic hydroxyl groups is 17. The molecule has 0 spiro atoms. The number of amides is 2. The van der Waals surface area contributed by atoms with Crippen molar-refractivity contribution in [2.45, 2.75) is 391 Å². The summed E-state index contributed by atoms with van der Waals surface area (Å²) in [5.41, 5.74) is 0. The van der Waals surface area contributed by atoms with Gasteiger partial charge in [0.2, 0.25) is 11.8 Å². The molecule has 19 N–H and O–H groups in total. The maximum Gasteiger partial charge on any atom is 0.220 e. The van der Waals surface area contributed by atoms with Gasteiger partial charge in [-0.1, -0.05) is 167 Å². The van der Waals surface area contributed by atoms with Crippen molar-refractivity contribution in [1.82, 2.24) is 10.6 Å². The van der Waals surface area contributed by atoms with E-state index >= 15 is 0 Å². The summed E-state index contributed by atoms with van der Waals surface area (Å²) in [5, 5.41) is 193. The van der Waals surface area contributed by atoms with Gasteiger partial charge in [-0.3, -0.25) is 9.59 Å². The van der Waals surface area contributed by atoms with Crippen molar-refractivity contribution in [3.63, 3.8) is 0 Å². The Morgan fingerprint density at radius 2 is 0.857 bits per heavy atom. The van der Waals surface area contributed by atoms with Gasteiger partial charge in [-0.15, -0.1) is 0 Å². The number of hydrogen-bond donors (Lipinski definition) is 19. The van der Waals surface area contributed by atoms with Crippen LogP contribution in [-0.4, -0.2) is 328 Å². The zero-order valence-electron chi connectivity index (χ0n) is 61.7.